The standard InChI is InChI=1S/C16H25N3O2/c1-3-10-21-14-8-4-7-13(15(14)17)19-9-5-6-12(11-19)16(20)18-2/h4,7-8,12H,3,5-6,9-11,17H2,1-2H3,(H,18,20). The van der Waals surface area contributed by atoms with E-state index in [4.69, 9.17) is 10.5 Å². The van der Waals surface area contributed by atoms with Crippen molar-refractivity contribution >= 4 is 17.3 Å². The van der Waals surface area contributed by atoms with Gasteiger partial charge in [0.25, 0.3) is 0 Å². The van der Waals surface area contributed by atoms with Crippen molar-refractivity contribution in [2.45, 2.75) is 26.2 Å². The van der Waals surface area contributed by atoms with E-state index in [1.165, 1.54) is 0 Å². The van der Waals surface area contributed by atoms with Crippen molar-refractivity contribution in [3.8, 4) is 5.75 Å². The van der Waals surface area contributed by atoms with Gasteiger partial charge in [-0.05, 0) is 31.4 Å². The molecule has 1 saturated heterocycles. The minimum Gasteiger partial charge on any atom is -0.491 e. The lowest BCUT2D eigenvalue weighted by Gasteiger charge is -2.34. The summed E-state index contributed by atoms with van der Waals surface area (Å²) >= 11 is 0. The van der Waals surface area contributed by atoms with E-state index in [-0.39, 0.29) is 11.8 Å². The van der Waals surface area contributed by atoms with Crippen molar-refractivity contribution in [2.75, 3.05) is 37.4 Å². The fourth-order valence-electron chi connectivity index (χ4n) is 2.76. The highest BCUT2D eigenvalue weighted by Gasteiger charge is 2.26. The van der Waals surface area contributed by atoms with Crippen LogP contribution in [-0.4, -0.2) is 32.7 Å². The maximum atomic E-state index is 11.8. The summed E-state index contributed by atoms with van der Waals surface area (Å²) in [6.45, 7) is 4.36. The van der Waals surface area contributed by atoms with Gasteiger partial charge in [0.2, 0.25) is 5.91 Å². The summed E-state index contributed by atoms with van der Waals surface area (Å²) in [7, 11) is 1.69. The van der Waals surface area contributed by atoms with Gasteiger partial charge in [-0.1, -0.05) is 13.0 Å². The molecule has 0 spiro atoms. The number of ether oxygens (including phenoxy) is 1. The number of piperidine rings is 1. The SMILES string of the molecule is CCCOc1cccc(N2CCCC(C(=O)NC)C2)c1N. The Kier molecular flexibility index (Phi) is 5.31. The molecule has 116 valence electrons. The molecule has 3 N–H and O–H groups in total. The molecular weight excluding hydrogens is 266 g/mol. The second kappa shape index (κ2) is 7.20. The van der Waals surface area contributed by atoms with Gasteiger partial charge in [-0.3, -0.25) is 4.79 Å². The minimum atomic E-state index is 0.0309. The van der Waals surface area contributed by atoms with Crippen LogP contribution in [0, 0.1) is 5.92 Å². The quantitative estimate of drug-likeness (QED) is 0.815. The number of nitrogens with one attached hydrogen (secondary N) is 1. The fraction of sp³-hybridized carbons (Fsp3) is 0.562. The summed E-state index contributed by atoms with van der Waals surface area (Å²) in [5, 5.41) is 2.74. The average molecular weight is 291 g/mol. The summed E-state index contributed by atoms with van der Waals surface area (Å²) in [5.41, 5.74) is 7.88. The average Bonchev–Trinajstić information content (AvgIpc) is 2.53. The number of nitrogen functional groups attached to an aromatic ring is 1. The Hall–Kier alpha value is -1.91. The highest BCUT2D eigenvalue weighted by Crippen LogP contribution is 2.34. The molecular formula is C16H25N3O2. The Bertz CT molecular complexity index is 490. The number of carbonyl (C=O) groups excluding carboxylic acids is 1. The molecule has 1 heterocycles. The van der Waals surface area contributed by atoms with Crippen LogP contribution in [0.1, 0.15) is 26.2 Å². The topological polar surface area (TPSA) is 67.6 Å². The zero-order valence-electron chi connectivity index (χ0n) is 12.9. The third-order valence-electron chi connectivity index (χ3n) is 3.88. The molecule has 0 saturated carbocycles. The Morgan fingerprint density at radius 1 is 1.52 bits per heavy atom. The van der Waals surface area contributed by atoms with Gasteiger partial charge in [-0.15, -0.1) is 0 Å². The summed E-state index contributed by atoms with van der Waals surface area (Å²) in [4.78, 5) is 14.0. The van der Waals surface area contributed by atoms with Gasteiger partial charge < -0.3 is 20.7 Å². The highest BCUT2D eigenvalue weighted by molar-refractivity contribution is 5.80. The van der Waals surface area contributed by atoms with Crippen molar-refractivity contribution in [1.82, 2.24) is 5.32 Å². The van der Waals surface area contributed by atoms with Gasteiger partial charge in [0, 0.05) is 20.1 Å². The van der Waals surface area contributed by atoms with Crippen LogP contribution in [0.15, 0.2) is 18.2 Å². The number of nitrogens with two attached hydrogens (primary N) is 1. The maximum absolute atomic E-state index is 11.8. The van der Waals surface area contributed by atoms with E-state index >= 15 is 0 Å². The van der Waals surface area contributed by atoms with E-state index in [0.29, 0.717) is 18.8 Å². The Morgan fingerprint density at radius 3 is 3.05 bits per heavy atom. The molecule has 1 unspecified atom stereocenters. The lowest BCUT2D eigenvalue weighted by molar-refractivity contribution is -0.124. The predicted molar refractivity (Wildman–Crippen MR) is 85.6 cm³/mol. The number of amides is 1. The van der Waals surface area contributed by atoms with Gasteiger partial charge in [0.15, 0.2) is 0 Å². The lowest BCUT2D eigenvalue weighted by Crippen LogP contribution is -2.42. The summed E-state index contributed by atoms with van der Waals surface area (Å²) < 4.78 is 5.68. The number of nitrogens with zero attached hydrogens (tertiary/aromatic N) is 1. The van der Waals surface area contributed by atoms with Crippen molar-refractivity contribution in [1.29, 1.82) is 0 Å². The molecule has 0 aliphatic carbocycles. The van der Waals surface area contributed by atoms with Crippen LogP contribution in [0.4, 0.5) is 11.4 Å². The first kappa shape index (κ1) is 15.5. The van der Waals surface area contributed by atoms with Crippen molar-refractivity contribution in [2.24, 2.45) is 5.92 Å². The summed E-state index contributed by atoms with van der Waals surface area (Å²) in [6, 6.07) is 5.86. The Labute approximate surface area is 126 Å². The van der Waals surface area contributed by atoms with E-state index in [1.54, 1.807) is 7.05 Å². The first-order valence-corrected chi connectivity index (χ1v) is 7.65. The van der Waals surface area contributed by atoms with Crippen molar-refractivity contribution < 1.29 is 9.53 Å². The van der Waals surface area contributed by atoms with E-state index in [0.717, 1.165) is 37.2 Å². The molecule has 0 aromatic heterocycles. The van der Waals surface area contributed by atoms with Gasteiger partial charge >= 0.3 is 0 Å². The van der Waals surface area contributed by atoms with Crippen molar-refractivity contribution in [3.63, 3.8) is 0 Å². The van der Waals surface area contributed by atoms with Crippen LogP contribution in [0.3, 0.4) is 0 Å². The number of para-hydroxylation sites is 1. The fourth-order valence-corrected chi connectivity index (χ4v) is 2.76. The molecule has 21 heavy (non-hydrogen) atoms. The number of carbonyl (C=O) groups is 1. The molecule has 1 aromatic carbocycles. The minimum absolute atomic E-state index is 0.0309. The Balaban J connectivity index is 2.15. The molecule has 1 aliphatic rings. The normalized spacial score (nSPS) is 18.4. The van der Waals surface area contributed by atoms with Gasteiger partial charge in [-0.2, -0.15) is 0 Å². The van der Waals surface area contributed by atoms with Crippen molar-refractivity contribution in [3.05, 3.63) is 18.2 Å². The second-order valence-corrected chi connectivity index (χ2v) is 5.44. The van der Waals surface area contributed by atoms with Crippen LogP contribution >= 0.6 is 0 Å². The second-order valence-electron chi connectivity index (χ2n) is 5.44. The zero-order valence-corrected chi connectivity index (χ0v) is 12.9. The zero-order chi connectivity index (χ0) is 15.2. The molecule has 1 aromatic rings. The lowest BCUT2D eigenvalue weighted by atomic mass is 9.96. The maximum Gasteiger partial charge on any atom is 0.224 e. The predicted octanol–water partition coefficient (Wildman–Crippen LogP) is 2.02. The van der Waals surface area contributed by atoms with Gasteiger partial charge in [0.05, 0.1) is 23.9 Å². The van der Waals surface area contributed by atoms with Crippen LogP contribution in [0.25, 0.3) is 0 Å². The molecule has 2 rings (SSSR count). The third kappa shape index (κ3) is 3.60. The largest absolute Gasteiger partial charge is 0.491 e. The first-order valence-electron chi connectivity index (χ1n) is 7.65. The van der Waals surface area contributed by atoms with E-state index < -0.39 is 0 Å². The molecule has 1 amide bonds. The molecule has 1 atom stereocenters. The van der Waals surface area contributed by atoms with Crippen LogP contribution in [0.5, 0.6) is 5.75 Å². The number of rotatable bonds is 5. The molecule has 0 radical (unpaired) electrons. The summed E-state index contributed by atoms with van der Waals surface area (Å²) in [5.74, 6) is 0.872. The van der Waals surface area contributed by atoms with Crippen LogP contribution in [0.2, 0.25) is 0 Å². The van der Waals surface area contributed by atoms with E-state index in [1.807, 2.05) is 18.2 Å². The highest BCUT2D eigenvalue weighted by atomic mass is 16.5. The van der Waals surface area contributed by atoms with E-state index in [9.17, 15) is 4.79 Å². The smallest absolute Gasteiger partial charge is 0.224 e. The Morgan fingerprint density at radius 2 is 2.33 bits per heavy atom. The molecule has 1 fully saturated rings. The van der Waals surface area contributed by atoms with Crippen LogP contribution < -0.4 is 20.7 Å². The first-order chi connectivity index (χ1) is 10.2. The number of hydrogen-bond acceptors (Lipinski definition) is 4. The summed E-state index contributed by atoms with van der Waals surface area (Å²) in [6.07, 6.45) is 2.88. The molecule has 5 nitrogen and oxygen atoms in total. The molecule has 1 aliphatic heterocycles. The molecule has 0 bridgehead atoms. The number of benzene rings is 1. The number of anilines is 2. The van der Waals surface area contributed by atoms with E-state index in [2.05, 4.69) is 17.1 Å². The van der Waals surface area contributed by atoms with Crippen LogP contribution in [-0.2, 0) is 4.79 Å². The number of hydrogen-bond donors (Lipinski definition) is 2. The third-order valence-corrected chi connectivity index (χ3v) is 3.88. The van der Waals surface area contributed by atoms with Gasteiger partial charge in [0.1, 0.15) is 5.75 Å². The monoisotopic (exact) mass is 291 g/mol. The molecule has 5 heteroatoms. The van der Waals surface area contributed by atoms with Gasteiger partial charge in [-0.25, -0.2) is 0 Å².